The summed E-state index contributed by atoms with van der Waals surface area (Å²) in [4.78, 5) is 4.68. The molecule has 2 rings (SSSR count). The highest BCUT2D eigenvalue weighted by molar-refractivity contribution is 14.0. The van der Waals surface area contributed by atoms with Crippen LogP contribution in [0.1, 0.15) is 32.3 Å². The van der Waals surface area contributed by atoms with Gasteiger partial charge in [0.2, 0.25) is 0 Å². The predicted octanol–water partition coefficient (Wildman–Crippen LogP) is 3.50. The third-order valence-corrected chi connectivity index (χ3v) is 3.82. The molecule has 140 valence electrons. The van der Waals surface area contributed by atoms with E-state index in [9.17, 15) is 0 Å². The van der Waals surface area contributed by atoms with Crippen LogP contribution in [0.4, 0.5) is 0 Å². The maximum atomic E-state index is 5.66. The van der Waals surface area contributed by atoms with Crippen molar-refractivity contribution in [3.63, 3.8) is 0 Å². The molecule has 0 aromatic heterocycles. The Morgan fingerprint density at radius 1 is 1.24 bits per heavy atom. The molecule has 5 nitrogen and oxygen atoms in total. The van der Waals surface area contributed by atoms with E-state index in [1.807, 2.05) is 25.1 Å². The molecule has 2 N–H and O–H groups in total. The van der Waals surface area contributed by atoms with E-state index >= 15 is 0 Å². The van der Waals surface area contributed by atoms with Crippen molar-refractivity contribution in [1.29, 1.82) is 0 Å². The number of halogens is 1. The molecule has 25 heavy (non-hydrogen) atoms. The molecule has 0 fully saturated rings. The molecule has 1 aliphatic heterocycles. The number of rotatable bonds is 8. The lowest BCUT2D eigenvalue weighted by atomic mass is 10.1. The van der Waals surface area contributed by atoms with Gasteiger partial charge in [-0.3, -0.25) is 0 Å². The van der Waals surface area contributed by atoms with Crippen molar-refractivity contribution in [2.24, 2.45) is 4.99 Å². The van der Waals surface area contributed by atoms with Gasteiger partial charge in [0.1, 0.15) is 5.75 Å². The van der Waals surface area contributed by atoms with Crippen LogP contribution in [0.5, 0.6) is 5.75 Å². The molecule has 0 spiro atoms. The van der Waals surface area contributed by atoms with Crippen LogP contribution in [-0.2, 0) is 11.3 Å². The first-order valence-corrected chi connectivity index (χ1v) is 8.82. The van der Waals surface area contributed by atoms with Crippen LogP contribution in [0, 0.1) is 0 Å². The molecule has 0 bridgehead atoms. The number of nitrogens with one attached hydrogen (secondary N) is 2. The van der Waals surface area contributed by atoms with E-state index in [0.29, 0.717) is 13.2 Å². The minimum absolute atomic E-state index is 0. The molecular formula is C19H30IN3O2. The minimum Gasteiger partial charge on any atom is -0.494 e. The van der Waals surface area contributed by atoms with Gasteiger partial charge in [-0.2, -0.15) is 0 Å². The minimum atomic E-state index is 0. The average molecular weight is 459 g/mol. The Labute approximate surface area is 168 Å². The molecule has 0 unspecified atom stereocenters. The Morgan fingerprint density at radius 2 is 2.08 bits per heavy atom. The van der Waals surface area contributed by atoms with E-state index in [0.717, 1.165) is 56.4 Å². The van der Waals surface area contributed by atoms with Gasteiger partial charge in [0.25, 0.3) is 0 Å². The van der Waals surface area contributed by atoms with Gasteiger partial charge in [-0.15, -0.1) is 24.0 Å². The monoisotopic (exact) mass is 459 g/mol. The lowest BCUT2D eigenvalue weighted by Crippen LogP contribution is -2.38. The van der Waals surface area contributed by atoms with Gasteiger partial charge >= 0.3 is 0 Å². The number of ether oxygens (including phenoxy) is 2. The lowest BCUT2D eigenvalue weighted by Gasteiger charge is -2.15. The highest BCUT2D eigenvalue weighted by atomic mass is 127. The van der Waals surface area contributed by atoms with Crippen LogP contribution in [0.2, 0.25) is 0 Å². The lowest BCUT2D eigenvalue weighted by molar-refractivity contribution is 0.153. The summed E-state index contributed by atoms with van der Waals surface area (Å²) >= 11 is 0. The third-order valence-electron chi connectivity index (χ3n) is 3.82. The van der Waals surface area contributed by atoms with Crippen LogP contribution in [0.25, 0.3) is 0 Å². The number of hydrogen-bond donors (Lipinski definition) is 2. The molecule has 1 aliphatic rings. The molecule has 1 aromatic carbocycles. The van der Waals surface area contributed by atoms with Crippen molar-refractivity contribution >= 4 is 29.9 Å². The Morgan fingerprint density at radius 3 is 2.80 bits per heavy atom. The summed E-state index contributed by atoms with van der Waals surface area (Å²) in [6, 6.07) is 8.06. The van der Waals surface area contributed by atoms with Crippen LogP contribution in [-0.4, -0.2) is 38.9 Å². The van der Waals surface area contributed by atoms with Gasteiger partial charge in [-0.1, -0.05) is 29.8 Å². The summed E-state index contributed by atoms with van der Waals surface area (Å²) in [5, 5.41) is 6.70. The second-order valence-electron chi connectivity index (χ2n) is 5.60. The van der Waals surface area contributed by atoms with Crippen molar-refractivity contribution in [1.82, 2.24) is 10.6 Å². The number of benzene rings is 1. The van der Waals surface area contributed by atoms with Crippen LogP contribution in [0.3, 0.4) is 0 Å². The maximum absolute atomic E-state index is 5.66. The predicted molar refractivity (Wildman–Crippen MR) is 114 cm³/mol. The molecule has 1 heterocycles. The summed E-state index contributed by atoms with van der Waals surface area (Å²) in [5.41, 5.74) is 2.56. The summed E-state index contributed by atoms with van der Waals surface area (Å²) in [5.74, 6) is 1.75. The third kappa shape index (κ3) is 8.09. The van der Waals surface area contributed by atoms with Crippen LogP contribution >= 0.6 is 24.0 Å². The van der Waals surface area contributed by atoms with Gasteiger partial charge in [0.15, 0.2) is 5.96 Å². The van der Waals surface area contributed by atoms with E-state index in [1.165, 1.54) is 5.57 Å². The fraction of sp³-hybridized carbons (Fsp3) is 0.526. The molecule has 6 heteroatoms. The summed E-state index contributed by atoms with van der Waals surface area (Å²) < 4.78 is 11.0. The fourth-order valence-electron chi connectivity index (χ4n) is 2.57. The SMILES string of the molecule is CCNC(=NCc1ccccc1OCC)NCCC1=CCOCC1.I. The first-order chi connectivity index (χ1) is 11.8. The summed E-state index contributed by atoms with van der Waals surface area (Å²) in [6.07, 6.45) is 4.26. The van der Waals surface area contributed by atoms with Gasteiger partial charge in [-0.25, -0.2) is 4.99 Å². The molecular weight excluding hydrogens is 429 g/mol. The zero-order chi connectivity index (χ0) is 17.0. The first kappa shape index (κ1) is 21.8. The largest absolute Gasteiger partial charge is 0.494 e. The molecule has 0 atom stereocenters. The van der Waals surface area contributed by atoms with Crippen molar-refractivity contribution < 1.29 is 9.47 Å². The van der Waals surface area contributed by atoms with Gasteiger partial charge in [0, 0.05) is 18.7 Å². The number of guanidine groups is 1. The smallest absolute Gasteiger partial charge is 0.191 e. The molecule has 0 radical (unpaired) electrons. The standard InChI is InChI=1S/C19H29N3O2.HI/c1-3-20-19(21-12-9-16-10-13-23-14-11-16)22-15-17-7-5-6-8-18(17)24-4-2;/h5-8,10H,3-4,9,11-15H2,1-2H3,(H2,20,21,22);1H. The quantitative estimate of drug-likeness (QED) is 0.271. The topological polar surface area (TPSA) is 54.9 Å². The zero-order valence-corrected chi connectivity index (χ0v) is 17.5. The van der Waals surface area contributed by atoms with E-state index in [-0.39, 0.29) is 24.0 Å². The molecule has 1 aromatic rings. The van der Waals surface area contributed by atoms with E-state index in [1.54, 1.807) is 0 Å². The van der Waals surface area contributed by atoms with Crippen molar-refractivity contribution in [2.45, 2.75) is 33.2 Å². The molecule has 0 saturated heterocycles. The fourth-order valence-corrected chi connectivity index (χ4v) is 2.57. The Balaban J connectivity index is 0.00000312. The van der Waals surface area contributed by atoms with Gasteiger partial charge in [0.05, 0.1) is 26.4 Å². The van der Waals surface area contributed by atoms with Crippen LogP contribution < -0.4 is 15.4 Å². The highest BCUT2D eigenvalue weighted by Gasteiger charge is 2.05. The number of hydrogen-bond acceptors (Lipinski definition) is 3. The Bertz CT molecular complexity index is 561. The molecule has 0 aliphatic carbocycles. The Hall–Kier alpha value is -1.28. The second kappa shape index (κ2) is 13.0. The van der Waals surface area contributed by atoms with E-state index < -0.39 is 0 Å². The Kier molecular flexibility index (Phi) is 11.3. The summed E-state index contributed by atoms with van der Waals surface area (Å²) in [6.45, 7) is 8.65. The maximum Gasteiger partial charge on any atom is 0.191 e. The first-order valence-electron chi connectivity index (χ1n) is 8.82. The number of aliphatic imine (C=N–C) groups is 1. The normalized spacial score (nSPS) is 14.3. The average Bonchev–Trinajstić information content (AvgIpc) is 2.62. The van der Waals surface area contributed by atoms with Crippen LogP contribution in [0.15, 0.2) is 40.9 Å². The van der Waals surface area contributed by atoms with E-state index in [4.69, 9.17) is 9.47 Å². The van der Waals surface area contributed by atoms with Gasteiger partial charge in [-0.05, 0) is 32.8 Å². The van der Waals surface area contributed by atoms with Crippen molar-refractivity contribution in [3.8, 4) is 5.75 Å². The highest BCUT2D eigenvalue weighted by Crippen LogP contribution is 2.18. The molecule has 0 amide bonds. The summed E-state index contributed by atoms with van der Waals surface area (Å²) in [7, 11) is 0. The molecule has 0 saturated carbocycles. The zero-order valence-electron chi connectivity index (χ0n) is 15.2. The van der Waals surface area contributed by atoms with Crippen molar-refractivity contribution in [2.75, 3.05) is 32.9 Å². The van der Waals surface area contributed by atoms with Crippen molar-refractivity contribution in [3.05, 3.63) is 41.5 Å². The van der Waals surface area contributed by atoms with E-state index in [2.05, 4.69) is 34.7 Å². The number of para-hydroxylation sites is 1. The number of nitrogens with zero attached hydrogens (tertiary/aromatic N) is 1. The second-order valence-corrected chi connectivity index (χ2v) is 5.60. The van der Waals surface area contributed by atoms with Gasteiger partial charge < -0.3 is 20.1 Å².